The minimum Gasteiger partial charge on any atom is -0.392 e. The number of imidazole rings is 1. The summed E-state index contributed by atoms with van der Waals surface area (Å²) >= 11 is 0. The van der Waals surface area contributed by atoms with Crippen LogP contribution in [-0.4, -0.2) is 50.1 Å². The Bertz CT molecular complexity index is 1210. The Morgan fingerprint density at radius 3 is 2.72 bits per heavy atom. The Morgan fingerprint density at radius 1 is 1.28 bits per heavy atom. The number of nitrogens with zero attached hydrogens (tertiary/aromatic N) is 4. The lowest BCUT2D eigenvalue weighted by molar-refractivity contribution is 0.225. The molecule has 1 saturated heterocycles. The van der Waals surface area contributed by atoms with E-state index in [0.717, 1.165) is 33.7 Å². The number of aryl methyl sites for hydroxylation is 2. The van der Waals surface area contributed by atoms with Crippen LogP contribution in [0.3, 0.4) is 0 Å². The summed E-state index contributed by atoms with van der Waals surface area (Å²) < 4.78 is 22.1. The zero-order valence-electron chi connectivity index (χ0n) is 19.1. The summed E-state index contributed by atoms with van der Waals surface area (Å²) in [6, 6.07) is 9.43. The molecule has 9 heteroatoms. The molecule has 1 aromatic carbocycles. The van der Waals surface area contributed by atoms with Crippen molar-refractivity contribution in [2.75, 3.05) is 7.05 Å². The van der Waals surface area contributed by atoms with Crippen molar-refractivity contribution in [1.29, 1.82) is 0 Å². The average Bonchev–Trinajstić information content (AvgIpc) is 3.26. The minimum absolute atomic E-state index is 0.0224. The maximum Gasteiger partial charge on any atom is 0.283 e. The van der Waals surface area contributed by atoms with E-state index < -0.39 is 13.2 Å². The highest BCUT2D eigenvalue weighted by Gasteiger charge is 2.50. The van der Waals surface area contributed by atoms with E-state index >= 15 is 0 Å². The molecule has 4 atom stereocenters. The molecule has 0 saturated carbocycles. The Kier molecular flexibility index (Phi) is 6.32. The highest BCUT2D eigenvalue weighted by Crippen LogP contribution is 2.68. The molecule has 0 aliphatic carbocycles. The molecule has 0 spiro atoms. The van der Waals surface area contributed by atoms with Gasteiger partial charge in [-0.2, -0.15) is 0 Å². The number of hydrogen-bond donors (Lipinski definition) is 2. The number of pyridine rings is 1. The topological polar surface area (TPSA) is 104 Å². The lowest BCUT2D eigenvalue weighted by Crippen LogP contribution is -2.26. The molecule has 2 N–H and O–H groups in total. The van der Waals surface area contributed by atoms with Crippen LogP contribution >= 0.6 is 7.52 Å². The van der Waals surface area contributed by atoms with Crippen LogP contribution in [0.5, 0.6) is 0 Å². The third-order valence-corrected chi connectivity index (χ3v) is 9.36. The van der Waals surface area contributed by atoms with Gasteiger partial charge in [0.15, 0.2) is 0 Å². The first-order valence-corrected chi connectivity index (χ1v) is 12.4. The lowest BCUT2D eigenvalue weighted by atomic mass is 10.2. The summed E-state index contributed by atoms with van der Waals surface area (Å²) in [5.74, 6) is 0.594. The first-order valence-electron chi connectivity index (χ1n) is 10.8. The molecule has 0 radical (unpaired) electrons. The molecule has 2 unspecified atom stereocenters. The number of nitrogens with one attached hydrogen (secondary N) is 1. The summed E-state index contributed by atoms with van der Waals surface area (Å²) in [5, 5.41) is 9.46. The fourth-order valence-corrected chi connectivity index (χ4v) is 6.93. The van der Waals surface area contributed by atoms with E-state index in [2.05, 4.69) is 15.0 Å². The molecule has 4 rings (SSSR count). The number of aromatic amines is 1. The number of aliphatic hydroxyl groups is 1. The SMILES string of the molecule is Cc1ccc(N=CCC(c2nc3ccc(CO)cc3[nH]2)P2(=O)O[C@@H](C)[C@@H](C)N2C)c(C)n1. The van der Waals surface area contributed by atoms with Crippen LogP contribution in [0.2, 0.25) is 0 Å². The summed E-state index contributed by atoms with van der Waals surface area (Å²) in [4.78, 5) is 17.1. The quantitative estimate of drug-likeness (QED) is 0.407. The summed E-state index contributed by atoms with van der Waals surface area (Å²) in [6.45, 7) is 7.78. The first-order chi connectivity index (χ1) is 15.2. The Balaban J connectivity index is 1.72. The number of H-pyrrole nitrogens is 1. The Labute approximate surface area is 188 Å². The van der Waals surface area contributed by atoms with Gasteiger partial charge in [-0.3, -0.25) is 14.5 Å². The van der Waals surface area contributed by atoms with Crippen molar-refractivity contribution in [3.63, 3.8) is 0 Å². The lowest BCUT2D eigenvalue weighted by Gasteiger charge is -2.27. The molecule has 0 bridgehead atoms. The fraction of sp³-hybridized carbons (Fsp3) is 0.435. The number of aliphatic hydroxyl groups excluding tert-OH is 1. The van der Waals surface area contributed by atoms with E-state index in [-0.39, 0.29) is 18.8 Å². The highest BCUT2D eigenvalue weighted by molar-refractivity contribution is 7.57. The van der Waals surface area contributed by atoms with Crippen molar-refractivity contribution >= 4 is 30.5 Å². The fourth-order valence-electron chi connectivity index (χ4n) is 4.05. The molecule has 8 nitrogen and oxygen atoms in total. The molecule has 3 heterocycles. The van der Waals surface area contributed by atoms with Gasteiger partial charge in [-0.15, -0.1) is 0 Å². The smallest absolute Gasteiger partial charge is 0.283 e. The van der Waals surface area contributed by atoms with Crippen molar-refractivity contribution in [2.45, 2.75) is 58.5 Å². The van der Waals surface area contributed by atoms with E-state index in [1.54, 1.807) is 6.21 Å². The van der Waals surface area contributed by atoms with E-state index in [1.165, 1.54) is 0 Å². The van der Waals surface area contributed by atoms with Crippen LogP contribution in [0, 0.1) is 13.8 Å². The third-order valence-electron chi connectivity index (χ3n) is 6.24. The van der Waals surface area contributed by atoms with Crippen LogP contribution in [0.1, 0.15) is 48.7 Å². The Hall–Kier alpha value is -2.38. The Morgan fingerprint density at radius 2 is 2.06 bits per heavy atom. The molecular weight excluding hydrogens is 425 g/mol. The molecule has 0 amide bonds. The highest BCUT2D eigenvalue weighted by atomic mass is 31.2. The molecule has 32 heavy (non-hydrogen) atoms. The number of hydrogen-bond acceptors (Lipinski definition) is 6. The second kappa shape index (κ2) is 8.87. The average molecular weight is 455 g/mol. The number of rotatable bonds is 6. The normalized spacial score (nSPS) is 25.2. The number of likely N-dealkylation sites (N-methyl/N-ethyl adjacent to an activating group) is 1. The minimum atomic E-state index is -3.24. The van der Waals surface area contributed by atoms with E-state index in [0.29, 0.717) is 12.2 Å². The maximum atomic E-state index is 14.1. The predicted molar refractivity (Wildman–Crippen MR) is 127 cm³/mol. The standard InChI is InChI=1S/C23H30N5O3P/c1-14-6-8-19(15(2)25-14)24-11-10-22(32(30)28(5)16(3)17(4)31-32)23-26-20-9-7-18(13-29)12-21(20)27-23/h6-9,11-12,16-17,22,29H,10,13H2,1-5H3,(H,26,27)/t16-,17+,22?,32?/m1/s1. The van der Waals surface area contributed by atoms with Crippen LogP contribution < -0.4 is 0 Å². The molecule has 1 aliphatic rings. The van der Waals surface area contributed by atoms with Gasteiger partial charge in [0.1, 0.15) is 11.5 Å². The van der Waals surface area contributed by atoms with Gasteiger partial charge >= 0.3 is 0 Å². The van der Waals surface area contributed by atoms with Crippen molar-refractivity contribution < 1.29 is 14.2 Å². The van der Waals surface area contributed by atoms with Gasteiger partial charge in [0.2, 0.25) is 0 Å². The van der Waals surface area contributed by atoms with Crippen molar-refractivity contribution in [3.8, 4) is 0 Å². The zero-order valence-corrected chi connectivity index (χ0v) is 20.0. The second-order valence-electron chi connectivity index (χ2n) is 8.44. The molecule has 3 aromatic rings. The van der Waals surface area contributed by atoms with Crippen molar-refractivity contribution in [1.82, 2.24) is 19.6 Å². The maximum absolute atomic E-state index is 14.1. The number of aliphatic imine (C=N–C) groups is 1. The van der Waals surface area contributed by atoms with Gasteiger partial charge in [-0.05, 0) is 64.6 Å². The van der Waals surface area contributed by atoms with E-state index in [1.807, 2.05) is 69.7 Å². The summed E-state index contributed by atoms with van der Waals surface area (Å²) in [6.07, 6.45) is 2.02. The zero-order chi connectivity index (χ0) is 23.0. The number of fused-ring (bicyclic) bond motifs is 1. The predicted octanol–water partition coefficient (Wildman–Crippen LogP) is 4.83. The largest absolute Gasteiger partial charge is 0.392 e. The summed E-state index contributed by atoms with van der Waals surface area (Å²) in [7, 11) is -1.39. The van der Waals surface area contributed by atoms with Crippen molar-refractivity contribution in [2.24, 2.45) is 4.99 Å². The molecule has 170 valence electrons. The molecule has 2 aromatic heterocycles. The molecule has 1 aliphatic heterocycles. The van der Waals surface area contributed by atoms with Gasteiger partial charge in [0.05, 0.1) is 35.1 Å². The van der Waals surface area contributed by atoms with Crippen LogP contribution in [0.4, 0.5) is 5.69 Å². The van der Waals surface area contributed by atoms with Gasteiger partial charge in [0.25, 0.3) is 7.52 Å². The van der Waals surface area contributed by atoms with Gasteiger partial charge in [0, 0.05) is 24.4 Å². The van der Waals surface area contributed by atoms with Gasteiger partial charge < -0.3 is 14.6 Å². The van der Waals surface area contributed by atoms with Crippen LogP contribution in [-0.2, 0) is 15.7 Å². The second-order valence-corrected chi connectivity index (χ2v) is 11.0. The number of aromatic nitrogens is 3. The van der Waals surface area contributed by atoms with E-state index in [4.69, 9.17) is 9.51 Å². The number of benzene rings is 1. The van der Waals surface area contributed by atoms with E-state index in [9.17, 15) is 9.67 Å². The van der Waals surface area contributed by atoms with Crippen molar-refractivity contribution in [3.05, 3.63) is 53.1 Å². The molecule has 1 fully saturated rings. The first kappa shape index (κ1) is 22.8. The molecular formula is C23H30N5O3P. The van der Waals surface area contributed by atoms with Gasteiger partial charge in [-0.1, -0.05) is 6.07 Å². The third kappa shape index (κ3) is 4.16. The monoisotopic (exact) mass is 455 g/mol. The van der Waals surface area contributed by atoms with Gasteiger partial charge in [-0.25, -0.2) is 9.65 Å². The summed E-state index contributed by atoms with van der Waals surface area (Å²) in [5.41, 5.74) is 4.41. The van der Waals surface area contributed by atoms with Crippen LogP contribution in [0.25, 0.3) is 11.0 Å². The van der Waals surface area contributed by atoms with Crippen LogP contribution in [0.15, 0.2) is 35.3 Å².